The molecule has 0 spiro atoms. The van der Waals surface area contributed by atoms with Crippen molar-refractivity contribution >= 4 is 23.2 Å². The quantitative estimate of drug-likeness (QED) is 0.665. The van der Waals surface area contributed by atoms with E-state index in [1.165, 1.54) is 6.07 Å². The number of para-hydroxylation sites is 2. The molecule has 0 unspecified atom stereocenters. The summed E-state index contributed by atoms with van der Waals surface area (Å²) >= 11 is 0. The number of hydrogen-bond donors (Lipinski definition) is 1. The second kappa shape index (κ2) is 10.3. The van der Waals surface area contributed by atoms with Gasteiger partial charge >= 0.3 is 0 Å². The maximum absolute atomic E-state index is 14.0. The molecule has 6 nitrogen and oxygen atoms in total. The van der Waals surface area contributed by atoms with Gasteiger partial charge in [-0.05, 0) is 49.9 Å². The molecule has 1 saturated carbocycles. The van der Waals surface area contributed by atoms with Gasteiger partial charge in [0, 0.05) is 50.9 Å². The first-order chi connectivity index (χ1) is 15.9. The highest BCUT2D eigenvalue weighted by atomic mass is 19.1. The van der Waals surface area contributed by atoms with Crippen LogP contribution in [0.4, 0.5) is 15.8 Å². The summed E-state index contributed by atoms with van der Waals surface area (Å²) in [4.78, 5) is 31.5. The minimum atomic E-state index is -0.225. The lowest BCUT2D eigenvalue weighted by molar-refractivity contribution is -0.132. The van der Waals surface area contributed by atoms with E-state index in [1.807, 2.05) is 47.9 Å². The van der Waals surface area contributed by atoms with Crippen LogP contribution in [0.2, 0.25) is 0 Å². The highest BCUT2D eigenvalue weighted by Crippen LogP contribution is 2.27. The zero-order valence-electron chi connectivity index (χ0n) is 19.5. The Morgan fingerprint density at radius 1 is 1.00 bits per heavy atom. The highest BCUT2D eigenvalue weighted by molar-refractivity contribution is 5.93. The summed E-state index contributed by atoms with van der Waals surface area (Å²) in [7, 11) is 0. The van der Waals surface area contributed by atoms with Gasteiger partial charge in [-0.1, -0.05) is 30.3 Å². The number of anilines is 2. The Morgan fingerprint density at radius 3 is 2.30 bits per heavy atom. The van der Waals surface area contributed by atoms with E-state index in [1.54, 1.807) is 12.1 Å². The fraction of sp³-hybridized carbons (Fsp3) is 0.462. The fourth-order valence-electron chi connectivity index (χ4n) is 4.51. The standard InChI is InChI=1S/C26H33FN4O2/c1-19-6-5-7-20(2)26(19)28-24(32)18-31(21-10-11-21)13-12-25(33)30-16-14-29(15-17-30)23-9-4-3-8-22(23)27/h3-9,21H,10-18H2,1-2H3,(H,28,32). The van der Waals surface area contributed by atoms with Crippen molar-refractivity contribution in [1.82, 2.24) is 9.80 Å². The topological polar surface area (TPSA) is 55.9 Å². The Bertz CT molecular complexity index is 979. The molecule has 2 aromatic rings. The van der Waals surface area contributed by atoms with E-state index in [4.69, 9.17) is 0 Å². The number of rotatable bonds is 8. The lowest BCUT2D eigenvalue weighted by Crippen LogP contribution is -2.49. The third-order valence-corrected chi connectivity index (χ3v) is 6.59. The maximum Gasteiger partial charge on any atom is 0.238 e. The van der Waals surface area contributed by atoms with Crippen LogP contribution in [0.5, 0.6) is 0 Å². The van der Waals surface area contributed by atoms with E-state index in [0.717, 1.165) is 29.7 Å². The normalized spacial score (nSPS) is 16.2. The smallest absolute Gasteiger partial charge is 0.238 e. The van der Waals surface area contributed by atoms with Gasteiger partial charge in [-0.15, -0.1) is 0 Å². The predicted octanol–water partition coefficient (Wildman–Crippen LogP) is 3.58. The zero-order valence-corrected chi connectivity index (χ0v) is 19.5. The number of nitrogens with one attached hydrogen (secondary N) is 1. The average Bonchev–Trinajstić information content (AvgIpc) is 3.65. The van der Waals surface area contributed by atoms with E-state index in [-0.39, 0.29) is 17.6 Å². The third-order valence-electron chi connectivity index (χ3n) is 6.59. The first-order valence-corrected chi connectivity index (χ1v) is 11.8. The predicted molar refractivity (Wildman–Crippen MR) is 129 cm³/mol. The van der Waals surface area contributed by atoms with Crippen LogP contribution >= 0.6 is 0 Å². The molecule has 4 rings (SSSR count). The first kappa shape index (κ1) is 23.2. The molecule has 0 radical (unpaired) electrons. The zero-order chi connectivity index (χ0) is 23.4. The molecule has 1 saturated heterocycles. The molecule has 0 aromatic heterocycles. The Labute approximate surface area is 195 Å². The molecule has 1 N–H and O–H groups in total. The minimum Gasteiger partial charge on any atom is -0.366 e. The summed E-state index contributed by atoms with van der Waals surface area (Å²) in [6, 6.07) is 13.1. The van der Waals surface area contributed by atoms with Crippen LogP contribution < -0.4 is 10.2 Å². The number of benzene rings is 2. The number of piperazine rings is 1. The molecular formula is C26H33FN4O2. The van der Waals surface area contributed by atoms with Crippen molar-refractivity contribution in [3.05, 3.63) is 59.4 Å². The largest absolute Gasteiger partial charge is 0.366 e. The Morgan fingerprint density at radius 2 is 1.67 bits per heavy atom. The van der Waals surface area contributed by atoms with Crippen LogP contribution in [-0.4, -0.2) is 66.9 Å². The summed E-state index contributed by atoms with van der Waals surface area (Å²) in [6.45, 7) is 7.28. The van der Waals surface area contributed by atoms with Gasteiger partial charge in [0.1, 0.15) is 5.82 Å². The van der Waals surface area contributed by atoms with E-state index in [2.05, 4.69) is 10.2 Å². The van der Waals surface area contributed by atoms with Gasteiger partial charge in [0.15, 0.2) is 0 Å². The van der Waals surface area contributed by atoms with Gasteiger partial charge in [0.2, 0.25) is 11.8 Å². The molecule has 1 heterocycles. The summed E-state index contributed by atoms with van der Waals surface area (Å²) in [5.41, 5.74) is 3.57. The summed E-state index contributed by atoms with van der Waals surface area (Å²) in [5.74, 6) is -0.161. The molecule has 0 bridgehead atoms. The van der Waals surface area contributed by atoms with Crippen molar-refractivity contribution in [2.24, 2.45) is 0 Å². The molecule has 176 valence electrons. The molecular weight excluding hydrogens is 419 g/mol. The SMILES string of the molecule is Cc1cccc(C)c1NC(=O)CN(CCC(=O)N1CCN(c2ccccc2F)CC1)C1CC1. The van der Waals surface area contributed by atoms with Gasteiger partial charge in [-0.2, -0.15) is 0 Å². The minimum absolute atomic E-state index is 0.0368. The molecule has 2 fully saturated rings. The number of carbonyl (C=O) groups is 2. The van der Waals surface area contributed by atoms with E-state index < -0.39 is 0 Å². The lowest BCUT2D eigenvalue weighted by atomic mass is 10.1. The van der Waals surface area contributed by atoms with Gasteiger partial charge in [-0.3, -0.25) is 14.5 Å². The Hall–Kier alpha value is -2.93. The van der Waals surface area contributed by atoms with Crippen molar-refractivity contribution in [2.75, 3.05) is 49.5 Å². The number of halogens is 1. The van der Waals surface area contributed by atoms with Crippen molar-refractivity contribution < 1.29 is 14.0 Å². The van der Waals surface area contributed by atoms with Crippen LogP contribution in [0.15, 0.2) is 42.5 Å². The Kier molecular flexibility index (Phi) is 7.28. The first-order valence-electron chi connectivity index (χ1n) is 11.8. The molecule has 1 aliphatic heterocycles. The van der Waals surface area contributed by atoms with Gasteiger partial charge in [-0.25, -0.2) is 4.39 Å². The molecule has 2 amide bonds. The van der Waals surface area contributed by atoms with Crippen LogP contribution in [0, 0.1) is 19.7 Å². The molecule has 33 heavy (non-hydrogen) atoms. The second-order valence-electron chi connectivity index (χ2n) is 9.09. The number of hydrogen-bond acceptors (Lipinski definition) is 4. The molecule has 0 atom stereocenters. The highest BCUT2D eigenvalue weighted by Gasteiger charge is 2.31. The van der Waals surface area contributed by atoms with Crippen LogP contribution in [0.1, 0.15) is 30.4 Å². The van der Waals surface area contributed by atoms with Gasteiger partial charge < -0.3 is 15.1 Å². The summed E-state index contributed by atoms with van der Waals surface area (Å²) in [6.07, 6.45) is 2.55. The van der Waals surface area contributed by atoms with Crippen molar-refractivity contribution in [1.29, 1.82) is 0 Å². The molecule has 2 aromatic carbocycles. The van der Waals surface area contributed by atoms with Gasteiger partial charge in [0.25, 0.3) is 0 Å². The second-order valence-corrected chi connectivity index (χ2v) is 9.09. The van der Waals surface area contributed by atoms with Crippen LogP contribution in [0.25, 0.3) is 0 Å². The average molecular weight is 453 g/mol. The van der Waals surface area contributed by atoms with E-state index >= 15 is 0 Å². The number of aryl methyl sites for hydroxylation is 2. The number of nitrogens with zero attached hydrogens (tertiary/aromatic N) is 3. The monoisotopic (exact) mass is 452 g/mol. The van der Waals surface area contributed by atoms with E-state index in [0.29, 0.717) is 57.4 Å². The summed E-state index contributed by atoms with van der Waals surface area (Å²) in [5, 5.41) is 3.06. The number of carbonyl (C=O) groups excluding carboxylic acids is 2. The maximum atomic E-state index is 14.0. The molecule has 1 aliphatic carbocycles. The van der Waals surface area contributed by atoms with Gasteiger partial charge in [0.05, 0.1) is 12.2 Å². The van der Waals surface area contributed by atoms with E-state index in [9.17, 15) is 14.0 Å². The van der Waals surface area contributed by atoms with Crippen LogP contribution in [0.3, 0.4) is 0 Å². The Balaban J connectivity index is 1.26. The van der Waals surface area contributed by atoms with Crippen LogP contribution in [-0.2, 0) is 9.59 Å². The van der Waals surface area contributed by atoms with Crippen molar-refractivity contribution in [3.63, 3.8) is 0 Å². The molecule has 2 aliphatic rings. The van der Waals surface area contributed by atoms with Crippen molar-refractivity contribution in [3.8, 4) is 0 Å². The summed E-state index contributed by atoms with van der Waals surface area (Å²) < 4.78 is 14.0. The molecule has 7 heteroatoms. The van der Waals surface area contributed by atoms with Crippen molar-refractivity contribution in [2.45, 2.75) is 39.2 Å². The number of amides is 2. The fourth-order valence-corrected chi connectivity index (χ4v) is 4.51. The third kappa shape index (κ3) is 5.90. The lowest BCUT2D eigenvalue weighted by Gasteiger charge is -2.36.